The molecule has 0 saturated heterocycles. The van der Waals surface area contributed by atoms with Gasteiger partial charge in [-0.25, -0.2) is 4.39 Å². The fourth-order valence-corrected chi connectivity index (χ4v) is 1.76. The summed E-state index contributed by atoms with van der Waals surface area (Å²) < 4.78 is 13.6. The molecule has 1 heterocycles. The van der Waals surface area contributed by atoms with Gasteiger partial charge >= 0.3 is 5.97 Å². The number of hydrogen-bond acceptors (Lipinski definition) is 3. The number of hydrogen-bond donors (Lipinski definition) is 2. The molecule has 5 heteroatoms. The van der Waals surface area contributed by atoms with E-state index in [4.69, 9.17) is 0 Å². The van der Waals surface area contributed by atoms with Crippen LogP contribution in [0.1, 0.15) is 17.2 Å². The molecule has 4 nitrogen and oxygen atoms in total. The lowest BCUT2D eigenvalue weighted by molar-refractivity contribution is -0.139. The summed E-state index contributed by atoms with van der Waals surface area (Å²) in [5.74, 6) is -1.64. The predicted molar refractivity (Wildman–Crippen MR) is 67.9 cm³/mol. The maximum atomic E-state index is 13.6. The Kier molecular flexibility index (Phi) is 4.20. The van der Waals surface area contributed by atoms with E-state index in [1.165, 1.54) is 18.2 Å². The van der Waals surface area contributed by atoms with E-state index in [-0.39, 0.29) is 5.56 Å². The zero-order chi connectivity index (χ0) is 13.7. The van der Waals surface area contributed by atoms with Crippen LogP contribution in [0, 0.1) is 5.82 Å². The number of benzene rings is 1. The number of aliphatic carboxylic acids is 1. The van der Waals surface area contributed by atoms with Gasteiger partial charge in [0.1, 0.15) is 11.9 Å². The highest BCUT2D eigenvalue weighted by atomic mass is 19.1. The first-order valence-electron chi connectivity index (χ1n) is 5.78. The topological polar surface area (TPSA) is 62.2 Å². The van der Waals surface area contributed by atoms with Crippen molar-refractivity contribution in [2.45, 2.75) is 12.6 Å². The molecule has 1 aromatic heterocycles. The van der Waals surface area contributed by atoms with Gasteiger partial charge in [-0.05, 0) is 23.8 Å². The molecule has 0 amide bonds. The van der Waals surface area contributed by atoms with Crippen LogP contribution in [0.4, 0.5) is 4.39 Å². The van der Waals surface area contributed by atoms with Gasteiger partial charge in [0.05, 0.1) is 0 Å². The van der Waals surface area contributed by atoms with Crippen LogP contribution in [0.25, 0.3) is 0 Å². The predicted octanol–water partition coefficient (Wildman–Crippen LogP) is 2.14. The quantitative estimate of drug-likeness (QED) is 0.864. The average molecular weight is 260 g/mol. The van der Waals surface area contributed by atoms with E-state index in [2.05, 4.69) is 10.3 Å². The number of aromatic nitrogens is 1. The molecular weight excluding hydrogens is 247 g/mol. The number of nitrogens with zero attached hydrogens (tertiary/aromatic N) is 1. The molecular formula is C14H13FN2O2. The fraction of sp³-hybridized carbons (Fsp3) is 0.143. The van der Waals surface area contributed by atoms with Gasteiger partial charge in [0.25, 0.3) is 0 Å². The third-order valence-electron chi connectivity index (χ3n) is 2.72. The summed E-state index contributed by atoms with van der Waals surface area (Å²) in [4.78, 5) is 15.1. The minimum absolute atomic E-state index is 0.129. The van der Waals surface area contributed by atoms with E-state index < -0.39 is 17.8 Å². The molecule has 2 rings (SSSR count). The largest absolute Gasteiger partial charge is 0.480 e. The summed E-state index contributed by atoms with van der Waals surface area (Å²) in [5, 5.41) is 12.0. The number of carbonyl (C=O) groups is 1. The van der Waals surface area contributed by atoms with Crippen molar-refractivity contribution in [3.8, 4) is 0 Å². The van der Waals surface area contributed by atoms with E-state index >= 15 is 0 Å². The highest BCUT2D eigenvalue weighted by Crippen LogP contribution is 2.17. The average Bonchev–Trinajstić information content (AvgIpc) is 2.42. The third-order valence-corrected chi connectivity index (χ3v) is 2.72. The highest BCUT2D eigenvalue weighted by molar-refractivity contribution is 5.75. The van der Waals surface area contributed by atoms with Crippen molar-refractivity contribution in [1.82, 2.24) is 10.3 Å². The maximum absolute atomic E-state index is 13.6. The lowest BCUT2D eigenvalue weighted by Crippen LogP contribution is -2.28. The SMILES string of the molecule is O=C(O)C(NCc1ccncc1)c1ccccc1F. The Bertz CT molecular complexity index is 560. The van der Waals surface area contributed by atoms with Crippen molar-refractivity contribution < 1.29 is 14.3 Å². The van der Waals surface area contributed by atoms with Crippen molar-refractivity contribution in [2.75, 3.05) is 0 Å². The first-order valence-corrected chi connectivity index (χ1v) is 5.78. The van der Waals surface area contributed by atoms with E-state index in [1.807, 2.05) is 0 Å². The molecule has 1 unspecified atom stereocenters. The van der Waals surface area contributed by atoms with Gasteiger partial charge < -0.3 is 5.11 Å². The molecule has 1 atom stereocenters. The van der Waals surface area contributed by atoms with Crippen LogP contribution in [-0.4, -0.2) is 16.1 Å². The van der Waals surface area contributed by atoms with Crippen molar-refractivity contribution in [1.29, 1.82) is 0 Å². The smallest absolute Gasteiger partial charge is 0.325 e. The van der Waals surface area contributed by atoms with Crippen molar-refractivity contribution >= 4 is 5.97 Å². The molecule has 2 N–H and O–H groups in total. The van der Waals surface area contributed by atoms with Crippen LogP contribution in [0.15, 0.2) is 48.8 Å². The van der Waals surface area contributed by atoms with Gasteiger partial charge in [-0.1, -0.05) is 18.2 Å². The summed E-state index contributed by atoms with van der Waals surface area (Å²) in [5.41, 5.74) is 1.02. The van der Waals surface area contributed by atoms with Gasteiger partial charge in [-0.3, -0.25) is 15.1 Å². The first-order chi connectivity index (χ1) is 9.18. The summed E-state index contributed by atoms with van der Waals surface area (Å²) in [6.07, 6.45) is 3.24. The number of carboxylic acid groups (broad SMARTS) is 1. The second-order valence-electron chi connectivity index (χ2n) is 4.03. The molecule has 98 valence electrons. The second-order valence-corrected chi connectivity index (χ2v) is 4.03. The summed E-state index contributed by atoms with van der Waals surface area (Å²) in [6, 6.07) is 8.32. The monoisotopic (exact) mass is 260 g/mol. The van der Waals surface area contributed by atoms with Crippen LogP contribution >= 0.6 is 0 Å². The Labute approximate surface area is 109 Å². The Hall–Kier alpha value is -2.27. The Balaban J connectivity index is 2.14. The number of carboxylic acids is 1. The lowest BCUT2D eigenvalue weighted by Gasteiger charge is -2.15. The van der Waals surface area contributed by atoms with Gasteiger partial charge in [0.15, 0.2) is 0 Å². The van der Waals surface area contributed by atoms with E-state index in [0.29, 0.717) is 6.54 Å². The molecule has 1 aromatic carbocycles. The van der Waals surface area contributed by atoms with E-state index in [0.717, 1.165) is 5.56 Å². The molecule has 0 aliphatic rings. The zero-order valence-electron chi connectivity index (χ0n) is 10.1. The third kappa shape index (κ3) is 3.35. The minimum Gasteiger partial charge on any atom is -0.480 e. The fourth-order valence-electron chi connectivity index (χ4n) is 1.76. The summed E-state index contributed by atoms with van der Waals surface area (Å²) in [6.45, 7) is 0.327. The summed E-state index contributed by atoms with van der Waals surface area (Å²) >= 11 is 0. The van der Waals surface area contributed by atoms with Crippen molar-refractivity contribution in [2.24, 2.45) is 0 Å². The maximum Gasteiger partial charge on any atom is 0.325 e. The van der Waals surface area contributed by atoms with Crippen molar-refractivity contribution in [3.63, 3.8) is 0 Å². The molecule has 0 fully saturated rings. The van der Waals surface area contributed by atoms with Crippen molar-refractivity contribution in [3.05, 3.63) is 65.7 Å². The molecule has 0 spiro atoms. The van der Waals surface area contributed by atoms with Gasteiger partial charge in [-0.15, -0.1) is 0 Å². The number of halogens is 1. The number of rotatable bonds is 5. The Morgan fingerprint density at radius 3 is 2.58 bits per heavy atom. The molecule has 0 radical (unpaired) electrons. The van der Waals surface area contributed by atoms with E-state index in [1.54, 1.807) is 30.6 Å². The van der Waals surface area contributed by atoms with Gasteiger partial charge in [-0.2, -0.15) is 0 Å². The zero-order valence-corrected chi connectivity index (χ0v) is 10.1. The highest BCUT2D eigenvalue weighted by Gasteiger charge is 2.21. The first kappa shape index (κ1) is 13.2. The molecule has 19 heavy (non-hydrogen) atoms. The molecule has 0 aliphatic carbocycles. The number of pyridine rings is 1. The normalized spacial score (nSPS) is 12.1. The molecule has 0 bridgehead atoms. The number of nitrogens with one attached hydrogen (secondary N) is 1. The second kappa shape index (κ2) is 6.06. The van der Waals surface area contributed by atoms with Crippen LogP contribution in [0.2, 0.25) is 0 Å². The standard InChI is InChI=1S/C14H13FN2O2/c15-12-4-2-1-3-11(12)13(14(18)19)17-9-10-5-7-16-8-6-10/h1-8,13,17H,9H2,(H,18,19). The Morgan fingerprint density at radius 1 is 1.26 bits per heavy atom. The van der Waals surface area contributed by atoms with Gasteiger partial charge in [0, 0.05) is 24.5 Å². The van der Waals surface area contributed by atoms with Crippen LogP contribution < -0.4 is 5.32 Å². The van der Waals surface area contributed by atoms with Gasteiger partial charge in [0.2, 0.25) is 0 Å². The molecule has 0 aliphatic heterocycles. The minimum atomic E-state index is -1.11. The van der Waals surface area contributed by atoms with Crippen LogP contribution in [0.3, 0.4) is 0 Å². The van der Waals surface area contributed by atoms with E-state index in [9.17, 15) is 14.3 Å². The van der Waals surface area contributed by atoms with Crippen LogP contribution in [-0.2, 0) is 11.3 Å². The summed E-state index contributed by atoms with van der Waals surface area (Å²) in [7, 11) is 0. The molecule has 2 aromatic rings. The molecule has 0 saturated carbocycles. The Morgan fingerprint density at radius 2 is 1.95 bits per heavy atom. The lowest BCUT2D eigenvalue weighted by atomic mass is 10.1. The van der Waals surface area contributed by atoms with Crippen LogP contribution in [0.5, 0.6) is 0 Å².